The van der Waals surface area contributed by atoms with Crippen LogP contribution in [0.1, 0.15) is 30.7 Å². The van der Waals surface area contributed by atoms with Crippen LogP contribution in [0.4, 0.5) is 0 Å². The first kappa shape index (κ1) is 15.9. The molecular formula is C16H21ClN2O2. The second kappa shape index (κ2) is 6.96. The van der Waals surface area contributed by atoms with Crippen LogP contribution in [0.15, 0.2) is 22.8 Å². The molecule has 2 aromatic rings. The summed E-state index contributed by atoms with van der Waals surface area (Å²) in [7, 11) is 0. The Hall–Kier alpha value is -1.52. The molecule has 4 nitrogen and oxygen atoms in total. The van der Waals surface area contributed by atoms with Crippen molar-refractivity contribution >= 4 is 11.6 Å². The molecular weight excluding hydrogens is 288 g/mol. The quantitative estimate of drug-likeness (QED) is 0.854. The lowest BCUT2D eigenvalue weighted by Gasteiger charge is -2.06. The van der Waals surface area contributed by atoms with Gasteiger partial charge in [-0.15, -0.1) is 0 Å². The van der Waals surface area contributed by atoms with Crippen molar-refractivity contribution in [2.45, 2.75) is 34.2 Å². The number of aryl methyl sites for hydroxylation is 2. The molecule has 5 heteroatoms. The predicted octanol–water partition coefficient (Wildman–Crippen LogP) is 4.48. The van der Waals surface area contributed by atoms with E-state index in [0.29, 0.717) is 18.2 Å². The monoisotopic (exact) mass is 308 g/mol. The molecule has 21 heavy (non-hydrogen) atoms. The smallest absolute Gasteiger partial charge is 0.399 e. The van der Waals surface area contributed by atoms with Crippen LogP contribution in [0.25, 0.3) is 0 Å². The van der Waals surface area contributed by atoms with Crippen molar-refractivity contribution in [1.82, 2.24) is 10.3 Å². The van der Waals surface area contributed by atoms with Gasteiger partial charge in [0.1, 0.15) is 12.0 Å². The van der Waals surface area contributed by atoms with Gasteiger partial charge in [-0.2, -0.15) is 4.98 Å². The maximum Gasteiger partial charge on any atom is 0.399 e. The van der Waals surface area contributed by atoms with Crippen molar-refractivity contribution in [3.63, 3.8) is 0 Å². The van der Waals surface area contributed by atoms with Crippen molar-refractivity contribution in [3.05, 3.63) is 40.2 Å². The van der Waals surface area contributed by atoms with Gasteiger partial charge < -0.3 is 14.5 Å². The minimum absolute atomic E-state index is 0.248. The molecule has 0 aliphatic carbocycles. The molecule has 1 N–H and O–H groups in total. The van der Waals surface area contributed by atoms with Crippen LogP contribution < -0.4 is 10.1 Å². The number of nitrogens with one attached hydrogen (secondary N) is 1. The van der Waals surface area contributed by atoms with Gasteiger partial charge in [0.2, 0.25) is 0 Å². The first-order valence-corrected chi connectivity index (χ1v) is 7.43. The van der Waals surface area contributed by atoms with Gasteiger partial charge >= 0.3 is 6.08 Å². The summed E-state index contributed by atoms with van der Waals surface area (Å²) in [6.45, 7) is 9.82. The first-order valence-electron chi connectivity index (χ1n) is 7.05. The average Bonchev–Trinajstić information content (AvgIpc) is 2.83. The third-order valence-corrected chi connectivity index (χ3v) is 3.60. The highest BCUT2D eigenvalue weighted by Crippen LogP contribution is 2.28. The number of aromatic nitrogens is 1. The Labute approximate surface area is 130 Å². The van der Waals surface area contributed by atoms with Crippen LogP contribution in [0.5, 0.6) is 11.8 Å². The van der Waals surface area contributed by atoms with Crippen LogP contribution in [-0.4, -0.2) is 11.5 Å². The SMILES string of the molecule is Cc1cc(Oc2nc(CNCC(C)C)co2)cc(C)c1Cl. The van der Waals surface area contributed by atoms with E-state index < -0.39 is 0 Å². The van der Waals surface area contributed by atoms with Crippen LogP contribution in [0.2, 0.25) is 5.02 Å². The predicted molar refractivity (Wildman–Crippen MR) is 84.0 cm³/mol. The molecule has 0 aliphatic heterocycles. The Morgan fingerprint density at radius 1 is 1.29 bits per heavy atom. The number of ether oxygens (including phenoxy) is 1. The van der Waals surface area contributed by atoms with E-state index >= 15 is 0 Å². The van der Waals surface area contributed by atoms with E-state index in [0.717, 1.165) is 28.4 Å². The zero-order valence-corrected chi connectivity index (χ0v) is 13.6. The van der Waals surface area contributed by atoms with Crippen LogP contribution in [0, 0.1) is 19.8 Å². The fraction of sp³-hybridized carbons (Fsp3) is 0.438. The minimum atomic E-state index is 0.248. The third kappa shape index (κ3) is 4.48. The zero-order valence-electron chi connectivity index (χ0n) is 12.9. The maximum atomic E-state index is 6.14. The van der Waals surface area contributed by atoms with E-state index in [9.17, 15) is 0 Å². The molecule has 114 valence electrons. The fourth-order valence-electron chi connectivity index (χ4n) is 1.97. The molecule has 2 rings (SSSR count). The molecule has 1 heterocycles. The summed E-state index contributed by atoms with van der Waals surface area (Å²) in [6.07, 6.45) is 1.86. The lowest BCUT2D eigenvalue weighted by atomic mass is 10.1. The summed E-state index contributed by atoms with van der Waals surface area (Å²) in [5.41, 5.74) is 2.77. The standard InChI is InChI=1S/C16H21ClN2O2/c1-10(2)7-18-8-13-9-20-16(19-13)21-14-5-11(3)15(17)12(4)6-14/h5-6,9-10,18H,7-8H2,1-4H3. The number of halogens is 1. The van der Waals surface area contributed by atoms with Crippen LogP contribution >= 0.6 is 11.6 Å². The molecule has 0 fully saturated rings. The van der Waals surface area contributed by atoms with E-state index in [1.807, 2.05) is 26.0 Å². The molecule has 0 bridgehead atoms. The molecule has 0 amide bonds. The van der Waals surface area contributed by atoms with E-state index in [1.165, 1.54) is 0 Å². The summed E-state index contributed by atoms with van der Waals surface area (Å²) in [5.74, 6) is 1.28. The maximum absolute atomic E-state index is 6.14. The fourth-order valence-corrected chi connectivity index (χ4v) is 2.08. The van der Waals surface area contributed by atoms with E-state index in [1.54, 1.807) is 6.26 Å². The van der Waals surface area contributed by atoms with Gasteiger partial charge in [0.05, 0.1) is 5.69 Å². The van der Waals surface area contributed by atoms with Gasteiger partial charge in [0.25, 0.3) is 0 Å². The third-order valence-electron chi connectivity index (χ3n) is 3.00. The lowest BCUT2D eigenvalue weighted by molar-refractivity contribution is 0.330. The van der Waals surface area contributed by atoms with E-state index in [2.05, 4.69) is 24.1 Å². The number of oxazole rings is 1. The van der Waals surface area contributed by atoms with Crippen molar-refractivity contribution in [2.75, 3.05) is 6.54 Å². The van der Waals surface area contributed by atoms with Gasteiger partial charge in [-0.3, -0.25) is 0 Å². The summed E-state index contributed by atoms with van der Waals surface area (Å²) in [4.78, 5) is 4.30. The van der Waals surface area contributed by atoms with Gasteiger partial charge in [-0.05, 0) is 49.6 Å². The van der Waals surface area contributed by atoms with Gasteiger partial charge in [0.15, 0.2) is 0 Å². The van der Waals surface area contributed by atoms with Crippen molar-refractivity contribution in [2.24, 2.45) is 5.92 Å². The number of rotatable bonds is 6. The van der Waals surface area contributed by atoms with E-state index in [4.69, 9.17) is 20.8 Å². The minimum Gasteiger partial charge on any atom is -0.417 e. The Bertz CT molecular complexity index is 585. The summed E-state index contributed by atoms with van der Waals surface area (Å²) in [5, 5.41) is 4.07. The largest absolute Gasteiger partial charge is 0.417 e. The van der Waals surface area contributed by atoms with Gasteiger partial charge in [0, 0.05) is 11.6 Å². The highest BCUT2D eigenvalue weighted by atomic mass is 35.5. The van der Waals surface area contributed by atoms with Crippen LogP contribution in [-0.2, 0) is 6.54 Å². The Balaban J connectivity index is 1.99. The number of nitrogens with zero attached hydrogens (tertiary/aromatic N) is 1. The molecule has 0 spiro atoms. The number of hydrogen-bond donors (Lipinski definition) is 1. The second-order valence-electron chi connectivity index (χ2n) is 5.60. The van der Waals surface area contributed by atoms with Gasteiger partial charge in [-0.25, -0.2) is 0 Å². The summed E-state index contributed by atoms with van der Waals surface area (Å²) >= 11 is 6.14. The first-order chi connectivity index (χ1) is 9.95. The van der Waals surface area contributed by atoms with E-state index in [-0.39, 0.29) is 6.08 Å². The Kier molecular flexibility index (Phi) is 5.26. The molecule has 0 saturated heterocycles. The molecule has 0 aliphatic rings. The Morgan fingerprint density at radius 2 is 1.95 bits per heavy atom. The van der Waals surface area contributed by atoms with Crippen LogP contribution in [0.3, 0.4) is 0 Å². The molecule has 0 atom stereocenters. The second-order valence-corrected chi connectivity index (χ2v) is 5.98. The summed E-state index contributed by atoms with van der Waals surface area (Å²) in [6, 6.07) is 3.74. The molecule has 0 saturated carbocycles. The molecule has 1 aromatic carbocycles. The molecule has 1 aromatic heterocycles. The van der Waals surface area contributed by atoms with Crippen molar-refractivity contribution in [1.29, 1.82) is 0 Å². The zero-order chi connectivity index (χ0) is 15.4. The number of benzene rings is 1. The topological polar surface area (TPSA) is 47.3 Å². The highest BCUT2D eigenvalue weighted by Gasteiger charge is 2.09. The average molecular weight is 309 g/mol. The number of hydrogen-bond acceptors (Lipinski definition) is 4. The van der Waals surface area contributed by atoms with Crippen molar-refractivity contribution in [3.8, 4) is 11.8 Å². The molecule has 0 unspecified atom stereocenters. The lowest BCUT2D eigenvalue weighted by Crippen LogP contribution is -2.19. The van der Waals surface area contributed by atoms with Crippen molar-refractivity contribution < 1.29 is 9.15 Å². The normalized spacial score (nSPS) is 11.1. The highest BCUT2D eigenvalue weighted by molar-refractivity contribution is 6.32. The van der Waals surface area contributed by atoms with Gasteiger partial charge in [-0.1, -0.05) is 25.4 Å². The Morgan fingerprint density at radius 3 is 2.57 bits per heavy atom. The summed E-state index contributed by atoms with van der Waals surface area (Å²) < 4.78 is 11.0. The molecule has 0 radical (unpaired) electrons.